The van der Waals surface area contributed by atoms with Crippen LogP contribution in [0.2, 0.25) is 0 Å². The molecule has 5 heterocycles. The van der Waals surface area contributed by atoms with Crippen molar-refractivity contribution in [1.29, 1.82) is 0 Å². The molecule has 2 fully saturated rings. The molecular weight excluding hydrogens is 442 g/mol. The SMILES string of the molecule is COc1nc(N2CC3CCC(C2)N3)c2cnc(-c3nc(N)cc(C)c3C(F)(F)F)c(F)c2n1. The van der Waals surface area contributed by atoms with E-state index in [1.165, 1.54) is 20.2 Å². The maximum absolute atomic E-state index is 15.7. The molecule has 2 atom stereocenters. The first-order valence-corrected chi connectivity index (χ1v) is 10.4. The molecule has 33 heavy (non-hydrogen) atoms. The van der Waals surface area contributed by atoms with Gasteiger partial charge in [0, 0.05) is 31.4 Å². The van der Waals surface area contributed by atoms with Gasteiger partial charge in [-0.1, -0.05) is 0 Å². The first-order valence-electron chi connectivity index (χ1n) is 10.4. The smallest absolute Gasteiger partial charge is 0.418 e. The average molecular weight is 463 g/mol. The Labute approximate surface area is 186 Å². The third-order valence-electron chi connectivity index (χ3n) is 6.09. The van der Waals surface area contributed by atoms with Gasteiger partial charge >= 0.3 is 12.2 Å². The molecule has 2 bridgehead atoms. The van der Waals surface area contributed by atoms with Crippen molar-refractivity contribution in [2.45, 2.75) is 38.0 Å². The summed E-state index contributed by atoms with van der Waals surface area (Å²) in [6.45, 7) is 2.55. The van der Waals surface area contributed by atoms with E-state index in [0.717, 1.165) is 18.9 Å². The van der Waals surface area contributed by atoms with Gasteiger partial charge in [0.15, 0.2) is 5.82 Å². The molecule has 2 aliphatic heterocycles. The molecule has 174 valence electrons. The number of alkyl halides is 3. The van der Waals surface area contributed by atoms with Crippen LogP contribution in [0.3, 0.4) is 0 Å². The van der Waals surface area contributed by atoms with Crippen LogP contribution in [0.5, 0.6) is 6.01 Å². The summed E-state index contributed by atoms with van der Waals surface area (Å²) in [6.07, 6.45) is -1.44. The molecule has 0 aliphatic carbocycles. The van der Waals surface area contributed by atoms with Gasteiger partial charge in [0.25, 0.3) is 0 Å². The van der Waals surface area contributed by atoms with E-state index in [2.05, 4.69) is 25.3 Å². The molecule has 0 amide bonds. The highest BCUT2D eigenvalue weighted by atomic mass is 19.4. The maximum Gasteiger partial charge on any atom is 0.418 e. The first kappa shape index (κ1) is 21.6. The van der Waals surface area contributed by atoms with Crippen LogP contribution >= 0.6 is 0 Å². The molecular formula is C21H21F4N7O. The summed E-state index contributed by atoms with van der Waals surface area (Å²) >= 11 is 0. The summed E-state index contributed by atoms with van der Waals surface area (Å²) in [7, 11) is 1.34. The molecule has 12 heteroatoms. The number of piperazine rings is 1. The van der Waals surface area contributed by atoms with Crippen molar-refractivity contribution in [3.63, 3.8) is 0 Å². The summed E-state index contributed by atoms with van der Waals surface area (Å²) in [4.78, 5) is 18.3. The zero-order valence-corrected chi connectivity index (χ0v) is 17.9. The van der Waals surface area contributed by atoms with Gasteiger partial charge in [0.2, 0.25) is 0 Å². The minimum Gasteiger partial charge on any atom is -0.467 e. The number of rotatable bonds is 3. The number of halogens is 4. The van der Waals surface area contributed by atoms with Crippen molar-refractivity contribution in [2.75, 3.05) is 30.8 Å². The van der Waals surface area contributed by atoms with E-state index in [-0.39, 0.29) is 40.4 Å². The zero-order chi connectivity index (χ0) is 23.5. The molecule has 0 spiro atoms. The van der Waals surface area contributed by atoms with Crippen molar-refractivity contribution in [1.82, 2.24) is 25.3 Å². The molecule has 2 aliphatic rings. The second-order valence-corrected chi connectivity index (χ2v) is 8.35. The number of ether oxygens (including phenoxy) is 1. The van der Waals surface area contributed by atoms with Crippen molar-refractivity contribution in [3.05, 3.63) is 29.2 Å². The Morgan fingerprint density at radius 1 is 1.12 bits per heavy atom. The van der Waals surface area contributed by atoms with Gasteiger partial charge in [-0.05, 0) is 31.4 Å². The van der Waals surface area contributed by atoms with Crippen molar-refractivity contribution >= 4 is 22.5 Å². The van der Waals surface area contributed by atoms with Crippen LogP contribution in [0.1, 0.15) is 24.0 Å². The number of nitrogens with one attached hydrogen (secondary N) is 1. The van der Waals surface area contributed by atoms with Crippen LogP contribution in [0.4, 0.5) is 29.2 Å². The number of aryl methyl sites for hydroxylation is 1. The van der Waals surface area contributed by atoms with E-state index in [1.807, 2.05) is 4.90 Å². The van der Waals surface area contributed by atoms with Crippen LogP contribution < -0.4 is 20.7 Å². The Kier molecular flexibility index (Phi) is 5.00. The van der Waals surface area contributed by atoms with Gasteiger partial charge in [-0.15, -0.1) is 0 Å². The third-order valence-corrected chi connectivity index (χ3v) is 6.09. The molecule has 0 aromatic carbocycles. The highest BCUT2D eigenvalue weighted by Crippen LogP contribution is 2.40. The van der Waals surface area contributed by atoms with Crippen molar-refractivity contribution in [3.8, 4) is 17.4 Å². The van der Waals surface area contributed by atoms with E-state index < -0.39 is 28.9 Å². The summed E-state index contributed by atoms with van der Waals surface area (Å²) in [5.41, 5.74) is 2.95. The number of nitrogens with two attached hydrogens (primary N) is 1. The number of nitrogens with zero attached hydrogens (tertiary/aromatic N) is 5. The lowest BCUT2D eigenvalue weighted by Gasteiger charge is -2.34. The average Bonchev–Trinajstić information content (AvgIpc) is 3.09. The normalized spacial score (nSPS) is 20.5. The van der Waals surface area contributed by atoms with Gasteiger partial charge in [-0.3, -0.25) is 4.98 Å². The molecule has 3 aromatic heterocycles. The Balaban J connectivity index is 1.71. The van der Waals surface area contributed by atoms with E-state index in [0.29, 0.717) is 18.9 Å². The van der Waals surface area contributed by atoms with Crippen molar-refractivity contribution in [2.24, 2.45) is 0 Å². The quantitative estimate of drug-likeness (QED) is 0.572. The van der Waals surface area contributed by atoms with Crippen LogP contribution in [0.15, 0.2) is 12.3 Å². The number of methoxy groups -OCH3 is 1. The van der Waals surface area contributed by atoms with Crippen LogP contribution in [-0.2, 0) is 6.18 Å². The number of aromatic nitrogens is 4. The predicted octanol–water partition coefficient (Wildman–Crippen LogP) is 3.08. The molecule has 2 saturated heterocycles. The summed E-state index contributed by atoms with van der Waals surface area (Å²) in [5.74, 6) is -0.787. The third kappa shape index (κ3) is 3.67. The number of hydrogen-bond acceptors (Lipinski definition) is 8. The lowest BCUT2D eigenvalue weighted by molar-refractivity contribution is -0.137. The van der Waals surface area contributed by atoms with Crippen LogP contribution in [0, 0.1) is 12.7 Å². The molecule has 0 radical (unpaired) electrons. The highest BCUT2D eigenvalue weighted by Gasteiger charge is 2.39. The predicted molar refractivity (Wildman–Crippen MR) is 113 cm³/mol. The number of pyridine rings is 2. The van der Waals surface area contributed by atoms with Gasteiger partial charge in [-0.2, -0.15) is 23.1 Å². The Morgan fingerprint density at radius 3 is 2.45 bits per heavy atom. The largest absolute Gasteiger partial charge is 0.467 e. The second-order valence-electron chi connectivity index (χ2n) is 8.35. The fourth-order valence-corrected chi connectivity index (χ4v) is 4.72. The standard InChI is InChI=1S/C21H21F4N7O/c1-9-5-13(26)29-17(14(9)21(23,24)25)18-15(22)16-12(6-27-18)19(31-20(30-16)33-2)32-7-10-3-4-11(8-32)28-10/h5-6,10-11,28H,3-4,7-8H2,1-2H3,(H2,26,29). The second kappa shape index (κ2) is 7.65. The number of hydrogen-bond donors (Lipinski definition) is 2. The molecule has 2 unspecified atom stereocenters. The van der Waals surface area contributed by atoms with Gasteiger partial charge in [-0.25, -0.2) is 9.37 Å². The van der Waals surface area contributed by atoms with E-state index in [4.69, 9.17) is 10.5 Å². The minimum atomic E-state index is -4.78. The van der Waals surface area contributed by atoms with Gasteiger partial charge in [0.05, 0.1) is 18.1 Å². The molecule has 3 aromatic rings. The topological polar surface area (TPSA) is 102 Å². The van der Waals surface area contributed by atoms with Crippen LogP contribution in [0.25, 0.3) is 22.3 Å². The zero-order valence-electron chi connectivity index (χ0n) is 17.9. The number of anilines is 2. The highest BCUT2D eigenvalue weighted by molar-refractivity contribution is 5.92. The molecule has 0 saturated carbocycles. The van der Waals surface area contributed by atoms with E-state index >= 15 is 4.39 Å². The number of nitrogen functional groups attached to an aromatic ring is 1. The summed E-state index contributed by atoms with van der Waals surface area (Å²) in [6, 6.07) is 1.57. The fourth-order valence-electron chi connectivity index (χ4n) is 4.72. The molecule has 5 rings (SSSR count). The molecule has 3 N–H and O–H groups in total. The lowest BCUT2D eigenvalue weighted by atomic mass is 10.0. The monoisotopic (exact) mass is 463 g/mol. The summed E-state index contributed by atoms with van der Waals surface area (Å²) in [5, 5.41) is 3.79. The number of fused-ring (bicyclic) bond motifs is 3. The van der Waals surface area contributed by atoms with Gasteiger partial charge in [0.1, 0.15) is 28.5 Å². The van der Waals surface area contributed by atoms with Crippen molar-refractivity contribution < 1.29 is 22.3 Å². The minimum absolute atomic E-state index is 0.0906. The van der Waals surface area contributed by atoms with E-state index in [9.17, 15) is 13.2 Å². The lowest BCUT2D eigenvalue weighted by Crippen LogP contribution is -2.51. The Morgan fingerprint density at radius 2 is 1.82 bits per heavy atom. The van der Waals surface area contributed by atoms with E-state index in [1.54, 1.807) is 0 Å². The Hall–Kier alpha value is -3.28. The Bertz CT molecular complexity index is 1240. The molecule has 8 nitrogen and oxygen atoms in total. The maximum atomic E-state index is 15.7. The first-order chi connectivity index (χ1) is 15.7. The summed E-state index contributed by atoms with van der Waals surface area (Å²) < 4.78 is 62.3. The van der Waals surface area contributed by atoms with Gasteiger partial charge < -0.3 is 20.7 Å². The fraction of sp³-hybridized carbons (Fsp3) is 0.429. The van der Waals surface area contributed by atoms with Crippen LogP contribution in [-0.4, -0.2) is 52.2 Å².